The van der Waals surface area contributed by atoms with E-state index in [1.54, 1.807) is 18.2 Å². The van der Waals surface area contributed by atoms with E-state index >= 15 is 0 Å². The molecule has 0 fully saturated rings. The molecule has 1 N–H and O–H groups in total. The second-order valence-corrected chi connectivity index (χ2v) is 3.66. The highest BCUT2D eigenvalue weighted by atomic mass is 35.5. The van der Waals surface area contributed by atoms with Gasteiger partial charge in [-0.2, -0.15) is 0 Å². The molecule has 0 radical (unpaired) electrons. The Morgan fingerprint density at radius 1 is 1.33 bits per heavy atom. The minimum Gasteiger partial charge on any atom is -0.490 e. The molecular weight excluding hydrogens is 239 g/mol. The molecule has 0 aromatic heterocycles. The summed E-state index contributed by atoms with van der Waals surface area (Å²) >= 11 is 11.7. The van der Waals surface area contributed by atoms with Crippen LogP contribution in [0, 0.1) is 0 Å². The molecular formula is C10H10Cl2O3. The van der Waals surface area contributed by atoms with Gasteiger partial charge in [-0.25, -0.2) is 0 Å². The van der Waals surface area contributed by atoms with Gasteiger partial charge in [0.1, 0.15) is 6.61 Å². The maximum Gasteiger partial charge on any atom is 0.161 e. The fraction of sp³-hybridized carbons (Fsp3) is 0.300. The Balaban J connectivity index is 2.54. The molecule has 3 nitrogen and oxygen atoms in total. The molecule has 0 aliphatic carbocycles. The van der Waals surface area contributed by atoms with Crippen LogP contribution in [0.4, 0.5) is 0 Å². The number of para-hydroxylation sites is 1. The lowest BCUT2D eigenvalue weighted by molar-refractivity contribution is -0.122. The summed E-state index contributed by atoms with van der Waals surface area (Å²) < 4.78 is 5.24. The topological polar surface area (TPSA) is 46.5 Å². The Bertz CT molecular complexity index is 332. The van der Waals surface area contributed by atoms with Crippen LogP contribution in [0.25, 0.3) is 0 Å². The third-order valence-electron chi connectivity index (χ3n) is 1.72. The first-order chi connectivity index (χ1) is 7.15. The molecule has 0 spiro atoms. The van der Waals surface area contributed by atoms with Crippen molar-refractivity contribution in [2.75, 3.05) is 13.2 Å². The van der Waals surface area contributed by atoms with Crippen LogP contribution in [0.2, 0.25) is 10.0 Å². The molecule has 0 amide bonds. The van der Waals surface area contributed by atoms with Gasteiger partial charge in [0.25, 0.3) is 0 Å². The van der Waals surface area contributed by atoms with E-state index in [0.29, 0.717) is 15.8 Å². The van der Waals surface area contributed by atoms with Gasteiger partial charge in [-0.15, -0.1) is 0 Å². The van der Waals surface area contributed by atoms with E-state index in [2.05, 4.69) is 0 Å². The first-order valence-corrected chi connectivity index (χ1v) is 5.10. The van der Waals surface area contributed by atoms with E-state index in [9.17, 15) is 4.79 Å². The Morgan fingerprint density at radius 2 is 1.93 bits per heavy atom. The minimum atomic E-state index is -0.473. The van der Waals surface area contributed by atoms with Crippen LogP contribution >= 0.6 is 23.2 Å². The smallest absolute Gasteiger partial charge is 0.161 e. The highest BCUT2D eigenvalue weighted by Crippen LogP contribution is 2.32. The molecule has 0 atom stereocenters. The first-order valence-electron chi connectivity index (χ1n) is 4.34. The summed E-state index contributed by atoms with van der Waals surface area (Å²) in [5, 5.41) is 9.29. The summed E-state index contributed by atoms with van der Waals surface area (Å²) in [4.78, 5) is 10.8. The van der Waals surface area contributed by atoms with Gasteiger partial charge in [-0.05, 0) is 12.1 Å². The zero-order chi connectivity index (χ0) is 11.3. The molecule has 0 unspecified atom stereocenters. The first kappa shape index (κ1) is 12.3. The second kappa shape index (κ2) is 5.95. The summed E-state index contributed by atoms with van der Waals surface area (Å²) in [6.07, 6.45) is 0.137. The SMILES string of the molecule is O=C(CO)CCOc1c(Cl)cccc1Cl. The van der Waals surface area contributed by atoms with E-state index in [4.69, 9.17) is 33.0 Å². The molecule has 82 valence electrons. The van der Waals surface area contributed by atoms with Crippen molar-refractivity contribution in [3.8, 4) is 5.75 Å². The lowest BCUT2D eigenvalue weighted by atomic mass is 10.3. The van der Waals surface area contributed by atoms with Gasteiger partial charge in [0.05, 0.1) is 16.7 Å². The number of hydrogen-bond donors (Lipinski definition) is 1. The molecule has 5 heteroatoms. The number of halogens is 2. The van der Waals surface area contributed by atoms with E-state index in [1.165, 1.54) is 0 Å². The van der Waals surface area contributed by atoms with Crippen molar-refractivity contribution in [1.82, 2.24) is 0 Å². The predicted octanol–water partition coefficient (Wildman–Crippen LogP) is 2.32. The number of carbonyl (C=O) groups is 1. The number of aliphatic hydroxyl groups excluding tert-OH is 1. The van der Waals surface area contributed by atoms with Crippen LogP contribution in [-0.2, 0) is 4.79 Å². The molecule has 0 saturated heterocycles. The molecule has 1 rings (SSSR count). The highest BCUT2D eigenvalue weighted by Gasteiger charge is 2.07. The van der Waals surface area contributed by atoms with Crippen molar-refractivity contribution in [3.63, 3.8) is 0 Å². The average Bonchev–Trinajstić information content (AvgIpc) is 2.22. The number of hydrogen-bond acceptors (Lipinski definition) is 3. The van der Waals surface area contributed by atoms with Crippen LogP contribution in [0.15, 0.2) is 18.2 Å². The largest absolute Gasteiger partial charge is 0.490 e. The number of aliphatic hydroxyl groups is 1. The number of rotatable bonds is 5. The van der Waals surface area contributed by atoms with Crippen LogP contribution in [0.5, 0.6) is 5.75 Å². The number of benzene rings is 1. The Kier molecular flexibility index (Phi) is 4.88. The van der Waals surface area contributed by atoms with Gasteiger partial charge in [-0.3, -0.25) is 4.79 Å². The molecule has 0 heterocycles. The highest BCUT2D eigenvalue weighted by molar-refractivity contribution is 6.37. The van der Waals surface area contributed by atoms with Gasteiger partial charge in [0.2, 0.25) is 0 Å². The summed E-state index contributed by atoms with van der Waals surface area (Å²) in [5.41, 5.74) is 0. The lowest BCUT2D eigenvalue weighted by Crippen LogP contribution is -2.09. The Hall–Kier alpha value is -0.770. The average molecular weight is 249 g/mol. The summed E-state index contributed by atoms with van der Waals surface area (Å²) in [6.45, 7) is -0.317. The quantitative estimate of drug-likeness (QED) is 0.871. The second-order valence-electron chi connectivity index (χ2n) is 2.85. The van der Waals surface area contributed by atoms with Crippen molar-refractivity contribution >= 4 is 29.0 Å². The molecule has 0 aliphatic rings. The van der Waals surface area contributed by atoms with E-state index < -0.39 is 6.61 Å². The molecule has 1 aromatic rings. The van der Waals surface area contributed by atoms with Gasteiger partial charge in [0, 0.05) is 6.42 Å². The van der Waals surface area contributed by atoms with E-state index in [1.807, 2.05) is 0 Å². The molecule has 0 aliphatic heterocycles. The van der Waals surface area contributed by atoms with Crippen LogP contribution < -0.4 is 4.74 Å². The maximum atomic E-state index is 10.8. The third kappa shape index (κ3) is 3.70. The normalized spacial score (nSPS) is 10.1. The summed E-state index contributed by atoms with van der Waals surface area (Å²) in [6, 6.07) is 5.00. The lowest BCUT2D eigenvalue weighted by Gasteiger charge is -2.08. The molecule has 0 saturated carbocycles. The van der Waals surface area contributed by atoms with E-state index in [-0.39, 0.29) is 18.8 Å². The van der Waals surface area contributed by atoms with Crippen molar-refractivity contribution in [2.24, 2.45) is 0 Å². The Morgan fingerprint density at radius 3 is 2.47 bits per heavy atom. The van der Waals surface area contributed by atoms with Gasteiger partial charge < -0.3 is 9.84 Å². The van der Waals surface area contributed by atoms with E-state index in [0.717, 1.165) is 0 Å². The third-order valence-corrected chi connectivity index (χ3v) is 2.32. The number of carbonyl (C=O) groups excluding carboxylic acids is 1. The molecule has 1 aromatic carbocycles. The van der Waals surface area contributed by atoms with Gasteiger partial charge in [-0.1, -0.05) is 29.3 Å². The van der Waals surface area contributed by atoms with Crippen LogP contribution in [0.1, 0.15) is 6.42 Å². The number of ketones is 1. The van der Waals surface area contributed by atoms with Crippen molar-refractivity contribution in [1.29, 1.82) is 0 Å². The van der Waals surface area contributed by atoms with Crippen LogP contribution in [-0.4, -0.2) is 24.1 Å². The van der Waals surface area contributed by atoms with Gasteiger partial charge in [0.15, 0.2) is 11.5 Å². The predicted molar refractivity (Wildman–Crippen MR) is 58.7 cm³/mol. The zero-order valence-electron chi connectivity index (χ0n) is 7.87. The molecule has 0 bridgehead atoms. The van der Waals surface area contributed by atoms with Crippen LogP contribution in [0.3, 0.4) is 0 Å². The standard InChI is InChI=1S/C10H10Cl2O3/c11-8-2-1-3-9(12)10(8)15-5-4-7(14)6-13/h1-3,13H,4-6H2. The monoisotopic (exact) mass is 248 g/mol. The summed E-state index contributed by atoms with van der Waals surface area (Å²) in [5.74, 6) is 0.0877. The zero-order valence-corrected chi connectivity index (χ0v) is 9.38. The minimum absolute atomic E-state index is 0.137. The number of Topliss-reactive ketones (excluding diaryl/α,β-unsaturated/α-hetero) is 1. The maximum absolute atomic E-state index is 10.8. The Labute approximate surface area is 97.6 Å². The van der Waals surface area contributed by atoms with Crippen molar-refractivity contribution < 1.29 is 14.6 Å². The van der Waals surface area contributed by atoms with Crippen molar-refractivity contribution in [2.45, 2.75) is 6.42 Å². The van der Waals surface area contributed by atoms with Crippen molar-refractivity contribution in [3.05, 3.63) is 28.2 Å². The fourth-order valence-corrected chi connectivity index (χ4v) is 1.47. The number of ether oxygens (including phenoxy) is 1. The molecule has 15 heavy (non-hydrogen) atoms. The summed E-state index contributed by atoms with van der Waals surface area (Å²) in [7, 11) is 0. The van der Waals surface area contributed by atoms with Gasteiger partial charge >= 0.3 is 0 Å². The fourth-order valence-electron chi connectivity index (χ4n) is 0.966.